The van der Waals surface area contributed by atoms with Crippen LogP contribution in [0.25, 0.3) is 0 Å². The predicted molar refractivity (Wildman–Crippen MR) is 66.9 cm³/mol. The largest absolute Gasteiger partial charge is 0.390 e. The van der Waals surface area contributed by atoms with Crippen molar-refractivity contribution in [1.82, 2.24) is 5.32 Å². The highest BCUT2D eigenvalue weighted by Crippen LogP contribution is 2.24. The van der Waals surface area contributed by atoms with Gasteiger partial charge in [0.2, 0.25) is 5.91 Å². The van der Waals surface area contributed by atoms with Gasteiger partial charge < -0.3 is 15.2 Å². The molecule has 2 aliphatic rings. The number of ether oxygens (including phenoxy) is 1. The number of amides is 1. The highest BCUT2D eigenvalue weighted by Gasteiger charge is 2.28. The fourth-order valence-corrected chi connectivity index (χ4v) is 4.35. The fraction of sp³-hybridized carbons (Fsp3) is 0.900. The first-order valence-electron chi connectivity index (χ1n) is 5.50. The average molecular weight is 263 g/mol. The van der Waals surface area contributed by atoms with Crippen LogP contribution in [0.1, 0.15) is 0 Å². The van der Waals surface area contributed by atoms with Gasteiger partial charge in [0.05, 0.1) is 24.6 Å². The van der Waals surface area contributed by atoms with Gasteiger partial charge in [-0.1, -0.05) is 0 Å². The zero-order valence-electron chi connectivity index (χ0n) is 9.05. The molecule has 2 heterocycles. The first-order valence-corrected chi connectivity index (χ1v) is 7.70. The molecule has 1 unspecified atom stereocenters. The molecule has 2 aliphatic heterocycles. The molecule has 6 heteroatoms. The molecule has 0 bridgehead atoms. The van der Waals surface area contributed by atoms with E-state index in [0.29, 0.717) is 19.8 Å². The standard InChI is InChI=1S/C10H17NO3S2/c12-8-5-14-4-7(8)3-11-10(13)9-6-15-1-2-16-9/h7-9,12H,1-6H2,(H,11,13)/t7-,8+,9?/m0/s1. The Kier molecular flexibility index (Phi) is 4.81. The number of rotatable bonds is 3. The molecule has 0 saturated carbocycles. The molecule has 2 N–H and O–H groups in total. The zero-order chi connectivity index (χ0) is 11.4. The molecular formula is C10H17NO3S2. The monoisotopic (exact) mass is 263 g/mol. The van der Waals surface area contributed by atoms with Crippen LogP contribution in [0, 0.1) is 5.92 Å². The highest BCUT2D eigenvalue weighted by atomic mass is 32.2. The van der Waals surface area contributed by atoms with Crippen molar-refractivity contribution < 1.29 is 14.6 Å². The number of aliphatic hydroxyl groups is 1. The molecular weight excluding hydrogens is 246 g/mol. The Morgan fingerprint density at radius 1 is 1.44 bits per heavy atom. The molecule has 2 rings (SSSR count). The van der Waals surface area contributed by atoms with Crippen LogP contribution >= 0.6 is 23.5 Å². The zero-order valence-corrected chi connectivity index (χ0v) is 10.7. The second-order valence-corrected chi connectivity index (χ2v) is 6.50. The molecule has 0 aromatic carbocycles. The number of hydrogen-bond donors (Lipinski definition) is 2. The molecule has 0 spiro atoms. The van der Waals surface area contributed by atoms with Crippen molar-refractivity contribution in [3.05, 3.63) is 0 Å². The van der Waals surface area contributed by atoms with E-state index in [1.807, 2.05) is 11.8 Å². The smallest absolute Gasteiger partial charge is 0.233 e. The van der Waals surface area contributed by atoms with Crippen LogP contribution in [-0.4, -0.2) is 59.4 Å². The van der Waals surface area contributed by atoms with Crippen molar-refractivity contribution in [1.29, 1.82) is 0 Å². The van der Waals surface area contributed by atoms with Crippen LogP contribution in [0.3, 0.4) is 0 Å². The van der Waals surface area contributed by atoms with E-state index in [9.17, 15) is 9.90 Å². The molecule has 0 radical (unpaired) electrons. The van der Waals surface area contributed by atoms with Crippen molar-refractivity contribution >= 4 is 29.4 Å². The van der Waals surface area contributed by atoms with Gasteiger partial charge in [-0.05, 0) is 0 Å². The first kappa shape index (κ1) is 12.5. The minimum atomic E-state index is -0.423. The van der Waals surface area contributed by atoms with Gasteiger partial charge in [-0.3, -0.25) is 4.79 Å². The maximum atomic E-state index is 11.8. The molecule has 92 valence electrons. The fourth-order valence-electron chi connectivity index (χ4n) is 1.77. The van der Waals surface area contributed by atoms with Crippen LogP contribution in [0.2, 0.25) is 0 Å². The third kappa shape index (κ3) is 3.29. The lowest BCUT2D eigenvalue weighted by molar-refractivity contribution is -0.120. The van der Waals surface area contributed by atoms with Crippen LogP contribution in [-0.2, 0) is 9.53 Å². The van der Waals surface area contributed by atoms with E-state index in [0.717, 1.165) is 17.3 Å². The summed E-state index contributed by atoms with van der Waals surface area (Å²) < 4.78 is 5.14. The van der Waals surface area contributed by atoms with Gasteiger partial charge in [0.1, 0.15) is 0 Å². The minimum Gasteiger partial charge on any atom is -0.390 e. The van der Waals surface area contributed by atoms with Crippen LogP contribution in [0.5, 0.6) is 0 Å². The van der Waals surface area contributed by atoms with E-state index in [-0.39, 0.29) is 17.1 Å². The van der Waals surface area contributed by atoms with Gasteiger partial charge in [0.25, 0.3) is 0 Å². The number of carbonyl (C=O) groups excluding carboxylic acids is 1. The third-order valence-corrected chi connectivity index (χ3v) is 5.57. The molecule has 2 saturated heterocycles. The van der Waals surface area contributed by atoms with Gasteiger partial charge in [-0.2, -0.15) is 11.8 Å². The molecule has 3 atom stereocenters. The maximum Gasteiger partial charge on any atom is 0.233 e. The lowest BCUT2D eigenvalue weighted by Gasteiger charge is -2.21. The van der Waals surface area contributed by atoms with Gasteiger partial charge in [0, 0.05) is 29.7 Å². The Morgan fingerprint density at radius 3 is 2.94 bits per heavy atom. The predicted octanol–water partition coefficient (Wildman–Crippen LogP) is -0.0415. The average Bonchev–Trinajstić information content (AvgIpc) is 2.73. The van der Waals surface area contributed by atoms with Crippen molar-refractivity contribution in [2.24, 2.45) is 5.92 Å². The summed E-state index contributed by atoms with van der Waals surface area (Å²) in [6.07, 6.45) is -0.423. The Labute approximate surface area is 104 Å². The summed E-state index contributed by atoms with van der Waals surface area (Å²) in [5.41, 5.74) is 0. The molecule has 0 aromatic rings. The van der Waals surface area contributed by atoms with E-state index >= 15 is 0 Å². The van der Waals surface area contributed by atoms with E-state index in [2.05, 4.69) is 5.32 Å². The quantitative estimate of drug-likeness (QED) is 0.748. The second kappa shape index (κ2) is 6.14. The van der Waals surface area contributed by atoms with Crippen molar-refractivity contribution in [3.63, 3.8) is 0 Å². The summed E-state index contributed by atoms with van der Waals surface area (Å²) in [4.78, 5) is 11.8. The van der Waals surface area contributed by atoms with E-state index in [4.69, 9.17) is 4.74 Å². The molecule has 0 aliphatic carbocycles. The third-order valence-electron chi connectivity index (χ3n) is 2.81. The number of hydrogen-bond acceptors (Lipinski definition) is 5. The summed E-state index contributed by atoms with van der Waals surface area (Å²) in [5.74, 6) is 3.27. The summed E-state index contributed by atoms with van der Waals surface area (Å²) in [6, 6.07) is 0. The van der Waals surface area contributed by atoms with Crippen molar-refractivity contribution in [2.45, 2.75) is 11.4 Å². The molecule has 1 amide bonds. The Hall–Kier alpha value is 0.0900. The van der Waals surface area contributed by atoms with Gasteiger partial charge >= 0.3 is 0 Å². The van der Waals surface area contributed by atoms with Crippen molar-refractivity contribution in [3.8, 4) is 0 Å². The highest BCUT2D eigenvalue weighted by molar-refractivity contribution is 8.07. The van der Waals surface area contributed by atoms with Gasteiger partial charge in [0.15, 0.2) is 0 Å². The van der Waals surface area contributed by atoms with Gasteiger partial charge in [-0.15, -0.1) is 11.8 Å². The number of carbonyl (C=O) groups is 1. The SMILES string of the molecule is O=C(NC[C@H]1COC[C@H]1O)C1CSCCS1. The summed E-state index contributed by atoms with van der Waals surface area (Å²) in [7, 11) is 0. The van der Waals surface area contributed by atoms with Crippen LogP contribution < -0.4 is 5.32 Å². The van der Waals surface area contributed by atoms with Crippen molar-refractivity contribution in [2.75, 3.05) is 37.0 Å². The first-order chi connectivity index (χ1) is 7.77. The second-order valence-electron chi connectivity index (χ2n) is 4.04. The molecule has 0 aromatic heterocycles. The Bertz CT molecular complexity index is 246. The lowest BCUT2D eigenvalue weighted by atomic mass is 10.1. The van der Waals surface area contributed by atoms with E-state index < -0.39 is 6.10 Å². The summed E-state index contributed by atoms with van der Waals surface area (Å²) in [5, 5.41) is 12.5. The summed E-state index contributed by atoms with van der Waals surface area (Å²) >= 11 is 3.56. The van der Waals surface area contributed by atoms with E-state index in [1.165, 1.54) is 0 Å². The van der Waals surface area contributed by atoms with Crippen LogP contribution in [0.15, 0.2) is 0 Å². The topological polar surface area (TPSA) is 58.6 Å². The molecule has 4 nitrogen and oxygen atoms in total. The number of nitrogens with one attached hydrogen (secondary N) is 1. The molecule has 2 fully saturated rings. The number of thioether (sulfide) groups is 2. The number of aliphatic hydroxyl groups excluding tert-OH is 1. The maximum absolute atomic E-state index is 11.8. The molecule has 16 heavy (non-hydrogen) atoms. The van der Waals surface area contributed by atoms with Gasteiger partial charge in [-0.25, -0.2) is 0 Å². The van der Waals surface area contributed by atoms with Crippen LogP contribution in [0.4, 0.5) is 0 Å². The Morgan fingerprint density at radius 2 is 2.31 bits per heavy atom. The lowest BCUT2D eigenvalue weighted by Crippen LogP contribution is -2.40. The summed E-state index contributed by atoms with van der Waals surface area (Å²) in [6.45, 7) is 1.48. The normalized spacial score (nSPS) is 34.9. The minimum absolute atomic E-state index is 0.0604. The Balaban J connectivity index is 1.70. The van der Waals surface area contributed by atoms with E-state index in [1.54, 1.807) is 11.8 Å².